The van der Waals surface area contributed by atoms with E-state index < -0.39 is 5.97 Å². The molecule has 0 saturated carbocycles. The number of hydrogen-bond acceptors (Lipinski definition) is 4. The summed E-state index contributed by atoms with van der Waals surface area (Å²) in [5.41, 5.74) is 6.59. The summed E-state index contributed by atoms with van der Waals surface area (Å²) in [4.78, 5) is 11.1. The van der Waals surface area contributed by atoms with Crippen molar-refractivity contribution in [2.24, 2.45) is 0 Å². The lowest BCUT2D eigenvalue weighted by Gasteiger charge is -2.09. The first kappa shape index (κ1) is 12.9. The number of aromatic carboxylic acids is 1. The Labute approximate surface area is 110 Å². The number of nitrogen functional groups attached to an aromatic ring is 1. The minimum Gasteiger partial charge on any atom is -0.491 e. The van der Waals surface area contributed by atoms with Crippen molar-refractivity contribution in [2.45, 2.75) is 20.0 Å². The summed E-state index contributed by atoms with van der Waals surface area (Å²) in [6, 6.07) is 7.07. The van der Waals surface area contributed by atoms with Crippen LogP contribution < -0.4 is 10.5 Å². The van der Waals surface area contributed by atoms with Gasteiger partial charge in [-0.1, -0.05) is 0 Å². The zero-order valence-corrected chi connectivity index (χ0v) is 10.7. The van der Waals surface area contributed by atoms with Crippen molar-refractivity contribution in [3.8, 4) is 17.0 Å². The number of benzene rings is 1. The minimum absolute atomic E-state index is 0.0162. The first-order valence-corrected chi connectivity index (χ1v) is 5.83. The fraction of sp³-hybridized carbons (Fsp3) is 0.231. The van der Waals surface area contributed by atoms with Gasteiger partial charge in [0.05, 0.1) is 11.8 Å². The number of anilines is 1. The zero-order valence-electron chi connectivity index (χ0n) is 10.7. The molecule has 2 rings (SSSR count). The summed E-state index contributed by atoms with van der Waals surface area (Å²) in [5, 5.41) is 15.5. The molecule has 0 unspecified atom stereocenters. The fourth-order valence-electron chi connectivity index (χ4n) is 1.75. The molecule has 0 radical (unpaired) electrons. The highest BCUT2D eigenvalue weighted by molar-refractivity contribution is 5.99. The molecule has 6 heteroatoms. The summed E-state index contributed by atoms with van der Waals surface area (Å²) in [6.07, 6.45) is 0.0863. The number of nitrogens with two attached hydrogens (primary N) is 1. The van der Waals surface area contributed by atoms with E-state index in [9.17, 15) is 4.79 Å². The largest absolute Gasteiger partial charge is 0.491 e. The van der Waals surface area contributed by atoms with E-state index in [1.807, 2.05) is 13.8 Å². The van der Waals surface area contributed by atoms with E-state index in [0.717, 1.165) is 5.75 Å². The van der Waals surface area contributed by atoms with Gasteiger partial charge in [0.2, 0.25) is 0 Å². The van der Waals surface area contributed by atoms with Crippen LogP contribution in [0.15, 0.2) is 24.3 Å². The predicted molar refractivity (Wildman–Crippen MR) is 71.2 cm³/mol. The number of H-pyrrole nitrogens is 1. The van der Waals surface area contributed by atoms with E-state index >= 15 is 0 Å². The highest BCUT2D eigenvalue weighted by Crippen LogP contribution is 2.27. The minimum atomic E-state index is -1.11. The Bertz CT molecular complexity index is 588. The van der Waals surface area contributed by atoms with Crippen LogP contribution in [0.5, 0.6) is 5.75 Å². The lowest BCUT2D eigenvalue weighted by molar-refractivity contribution is 0.0699. The van der Waals surface area contributed by atoms with Gasteiger partial charge < -0.3 is 15.6 Å². The number of nitrogens with one attached hydrogen (secondary N) is 1. The third kappa shape index (κ3) is 2.67. The molecule has 0 aliphatic heterocycles. The molecule has 1 aromatic carbocycles. The number of carboxylic acids is 1. The van der Waals surface area contributed by atoms with Crippen LogP contribution in [-0.2, 0) is 0 Å². The van der Waals surface area contributed by atoms with Gasteiger partial charge in [0, 0.05) is 5.56 Å². The van der Waals surface area contributed by atoms with Crippen molar-refractivity contribution in [3.05, 3.63) is 29.8 Å². The van der Waals surface area contributed by atoms with Crippen molar-refractivity contribution >= 4 is 11.8 Å². The van der Waals surface area contributed by atoms with Gasteiger partial charge in [-0.3, -0.25) is 5.10 Å². The lowest BCUT2D eigenvalue weighted by atomic mass is 10.1. The second kappa shape index (κ2) is 5.01. The summed E-state index contributed by atoms with van der Waals surface area (Å²) in [5.74, 6) is -0.406. The summed E-state index contributed by atoms with van der Waals surface area (Å²) in [7, 11) is 0. The Kier molecular flexibility index (Phi) is 3.41. The molecule has 0 spiro atoms. The van der Waals surface area contributed by atoms with Crippen molar-refractivity contribution in [1.29, 1.82) is 0 Å². The molecule has 0 aliphatic rings. The standard InChI is InChI=1S/C13H15N3O3/c1-7(2)19-9-5-3-8(4-6-9)11-10(13(17)18)12(14)16-15-11/h3-7H,1-2H3,(H,17,18)(H3,14,15,16). The number of rotatable bonds is 4. The van der Waals surface area contributed by atoms with Gasteiger partial charge in [0.25, 0.3) is 0 Å². The second-order valence-electron chi connectivity index (χ2n) is 4.35. The van der Waals surface area contributed by atoms with E-state index in [0.29, 0.717) is 11.3 Å². The molecule has 0 bridgehead atoms. The van der Waals surface area contributed by atoms with E-state index in [4.69, 9.17) is 15.6 Å². The Morgan fingerprint density at radius 1 is 1.37 bits per heavy atom. The number of aromatic amines is 1. The zero-order chi connectivity index (χ0) is 14.0. The van der Waals surface area contributed by atoms with Gasteiger partial charge in [-0.25, -0.2) is 4.79 Å². The number of aromatic nitrogens is 2. The average Bonchev–Trinajstić information content (AvgIpc) is 2.71. The molecular weight excluding hydrogens is 246 g/mol. The van der Waals surface area contributed by atoms with Crippen LogP contribution in [-0.4, -0.2) is 27.4 Å². The predicted octanol–water partition coefficient (Wildman–Crippen LogP) is 2.14. The molecule has 0 amide bonds. The molecule has 19 heavy (non-hydrogen) atoms. The van der Waals surface area contributed by atoms with Gasteiger partial charge in [-0.15, -0.1) is 0 Å². The first-order chi connectivity index (χ1) is 8.99. The van der Waals surface area contributed by atoms with Crippen LogP contribution in [0.3, 0.4) is 0 Å². The summed E-state index contributed by atoms with van der Waals surface area (Å²) >= 11 is 0. The molecule has 1 heterocycles. The maximum absolute atomic E-state index is 11.1. The Balaban J connectivity index is 2.35. The molecule has 6 nitrogen and oxygen atoms in total. The molecule has 2 aromatic rings. The van der Waals surface area contributed by atoms with Crippen LogP contribution in [0.4, 0.5) is 5.82 Å². The first-order valence-electron chi connectivity index (χ1n) is 5.83. The van der Waals surface area contributed by atoms with Gasteiger partial charge in [0.15, 0.2) is 5.82 Å². The summed E-state index contributed by atoms with van der Waals surface area (Å²) in [6.45, 7) is 3.87. The monoisotopic (exact) mass is 261 g/mol. The normalized spacial score (nSPS) is 10.7. The highest BCUT2D eigenvalue weighted by Gasteiger charge is 2.18. The average molecular weight is 261 g/mol. The van der Waals surface area contributed by atoms with E-state index in [2.05, 4.69) is 10.2 Å². The number of carboxylic acid groups (broad SMARTS) is 1. The van der Waals surface area contributed by atoms with Crippen LogP contribution >= 0.6 is 0 Å². The molecule has 0 saturated heterocycles. The van der Waals surface area contributed by atoms with Crippen LogP contribution in [0, 0.1) is 0 Å². The second-order valence-corrected chi connectivity index (χ2v) is 4.35. The molecule has 4 N–H and O–H groups in total. The SMILES string of the molecule is CC(C)Oc1ccc(-c2[nH]nc(N)c2C(=O)O)cc1. The van der Waals surface area contributed by atoms with E-state index in [-0.39, 0.29) is 17.5 Å². The van der Waals surface area contributed by atoms with E-state index in [1.165, 1.54) is 0 Å². The maximum atomic E-state index is 11.1. The Morgan fingerprint density at radius 2 is 2.00 bits per heavy atom. The van der Waals surface area contributed by atoms with Crippen LogP contribution in [0.25, 0.3) is 11.3 Å². The smallest absolute Gasteiger partial charge is 0.341 e. The molecule has 0 aliphatic carbocycles. The van der Waals surface area contributed by atoms with Gasteiger partial charge in [-0.2, -0.15) is 5.10 Å². The summed E-state index contributed by atoms with van der Waals surface area (Å²) < 4.78 is 5.52. The lowest BCUT2D eigenvalue weighted by Crippen LogP contribution is -2.05. The Morgan fingerprint density at radius 3 is 2.53 bits per heavy atom. The number of ether oxygens (including phenoxy) is 1. The number of carbonyl (C=O) groups is 1. The van der Waals surface area contributed by atoms with Crippen LogP contribution in [0.1, 0.15) is 24.2 Å². The van der Waals surface area contributed by atoms with Crippen molar-refractivity contribution in [1.82, 2.24) is 10.2 Å². The van der Waals surface area contributed by atoms with Gasteiger partial charge >= 0.3 is 5.97 Å². The highest BCUT2D eigenvalue weighted by atomic mass is 16.5. The Hall–Kier alpha value is -2.50. The van der Waals surface area contributed by atoms with Crippen molar-refractivity contribution in [2.75, 3.05) is 5.73 Å². The third-order valence-electron chi connectivity index (χ3n) is 2.52. The molecule has 1 aromatic heterocycles. The topological polar surface area (TPSA) is 101 Å². The molecule has 100 valence electrons. The maximum Gasteiger partial charge on any atom is 0.341 e. The molecule has 0 atom stereocenters. The van der Waals surface area contributed by atoms with Gasteiger partial charge in [-0.05, 0) is 38.1 Å². The van der Waals surface area contributed by atoms with Crippen molar-refractivity contribution in [3.63, 3.8) is 0 Å². The fourth-order valence-corrected chi connectivity index (χ4v) is 1.75. The third-order valence-corrected chi connectivity index (χ3v) is 2.52. The van der Waals surface area contributed by atoms with Gasteiger partial charge in [0.1, 0.15) is 11.3 Å². The molecule has 0 fully saturated rings. The van der Waals surface area contributed by atoms with Crippen LogP contribution in [0.2, 0.25) is 0 Å². The van der Waals surface area contributed by atoms with Crippen molar-refractivity contribution < 1.29 is 14.6 Å². The quantitative estimate of drug-likeness (QED) is 0.782. The number of nitrogens with zero attached hydrogens (tertiary/aromatic N) is 1. The molecular formula is C13H15N3O3. The van der Waals surface area contributed by atoms with E-state index in [1.54, 1.807) is 24.3 Å². The number of hydrogen-bond donors (Lipinski definition) is 3.